The van der Waals surface area contributed by atoms with Crippen LogP contribution in [0, 0.1) is 17.3 Å². The van der Waals surface area contributed by atoms with Crippen molar-refractivity contribution < 1.29 is 28.7 Å². The number of piperazine rings is 1. The van der Waals surface area contributed by atoms with Crippen LogP contribution in [0.1, 0.15) is 120 Å². The molecule has 0 bridgehead atoms. The molecule has 0 radical (unpaired) electrons. The first-order valence-corrected chi connectivity index (χ1v) is 43.1. The molecule has 128 heavy (non-hydrogen) atoms. The number of aryl methyl sites for hydroxylation is 1. The number of benzene rings is 4. The van der Waals surface area contributed by atoms with Crippen LogP contribution in [0.3, 0.4) is 0 Å². The minimum atomic E-state index is -0.400. The number of amides is 4. The van der Waals surface area contributed by atoms with Crippen molar-refractivity contribution in [2.45, 2.75) is 78.6 Å². The summed E-state index contributed by atoms with van der Waals surface area (Å²) in [5.74, 6) is 3.35. The molecule has 0 unspecified atom stereocenters. The molecule has 666 valence electrons. The SMILES string of the molecule is CC(C)(C)CNc1cncc(-c2c[nH]c(=O)c(NC(=O)c3ccc(N4CCCCC4)cc3)c2)n1.CNc1cc(-c2c[nH]c(=O)c(NC(=O)c3ccc(OCCC4CCNCC4)cc3)c2)ncn1.CNc1cncc(-c2c[nH]c(=O)c(NC(=O)c3ccc(OCCC4CCNCC4)cc3)c2)n1.Cn1cncc1-c1c[nH]c(=O)c(NC(=O)c2ccc(N3CCNCC3)cc2)c1. The van der Waals surface area contributed by atoms with Crippen LogP contribution < -0.4 is 94.7 Å². The van der Waals surface area contributed by atoms with E-state index in [1.54, 1.807) is 173 Å². The number of imidazole rings is 1. The van der Waals surface area contributed by atoms with Crippen LogP contribution in [0.2, 0.25) is 0 Å². The Hall–Kier alpha value is -14.5. The number of nitrogens with zero attached hydrogens (tertiary/aromatic N) is 10. The first kappa shape index (κ1) is 91.2. The molecule has 12 heterocycles. The van der Waals surface area contributed by atoms with E-state index in [-0.39, 0.29) is 62.9 Å². The average Bonchev–Trinajstić information content (AvgIpc) is 1.63. The highest BCUT2D eigenvalue weighted by Crippen LogP contribution is 2.29. The predicted octanol–water partition coefficient (Wildman–Crippen LogP) is 11.8. The molecule has 0 saturated carbocycles. The Labute approximate surface area is 740 Å². The summed E-state index contributed by atoms with van der Waals surface area (Å²) >= 11 is 0. The molecule has 0 aliphatic carbocycles. The van der Waals surface area contributed by atoms with E-state index < -0.39 is 11.1 Å². The molecule has 4 aromatic carbocycles. The zero-order valence-corrected chi connectivity index (χ0v) is 72.7. The number of carbonyl (C=O) groups excluding carboxylic acids is 4. The predicted molar refractivity (Wildman–Crippen MR) is 501 cm³/mol. The molecule has 4 aliphatic rings. The molecule has 34 heteroatoms. The normalized spacial score (nSPS) is 14.0. The molecule has 4 saturated heterocycles. The highest BCUT2D eigenvalue weighted by atomic mass is 16.5. The average molecular weight is 1740 g/mol. The smallest absolute Gasteiger partial charge is 0.271 e. The summed E-state index contributed by atoms with van der Waals surface area (Å²) in [6.45, 7) is 18.7. The molecule has 0 spiro atoms. The van der Waals surface area contributed by atoms with E-state index >= 15 is 0 Å². The maximum Gasteiger partial charge on any atom is 0.271 e. The Morgan fingerprint density at radius 3 is 1.24 bits per heavy atom. The third kappa shape index (κ3) is 26.3. The molecule has 0 atom stereocenters. The Morgan fingerprint density at radius 1 is 0.430 bits per heavy atom. The topological polar surface area (TPSA) is 440 Å². The van der Waals surface area contributed by atoms with Gasteiger partial charge in [-0.15, -0.1) is 0 Å². The fourth-order valence-electron chi connectivity index (χ4n) is 14.7. The fourth-order valence-corrected chi connectivity index (χ4v) is 14.7. The van der Waals surface area contributed by atoms with E-state index in [4.69, 9.17) is 9.47 Å². The summed E-state index contributed by atoms with van der Waals surface area (Å²) in [4.78, 5) is 145. The van der Waals surface area contributed by atoms with E-state index in [9.17, 15) is 38.4 Å². The van der Waals surface area contributed by atoms with Crippen molar-refractivity contribution in [3.8, 4) is 56.5 Å². The number of pyridine rings is 4. The summed E-state index contributed by atoms with van der Waals surface area (Å²) < 4.78 is 13.5. The van der Waals surface area contributed by atoms with Crippen LogP contribution in [-0.2, 0) is 7.05 Å². The molecule has 34 nitrogen and oxygen atoms in total. The van der Waals surface area contributed by atoms with Crippen molar-refractivity contribution in [2.24, 2.45) is 24.3 Å². The van der Waals surface area contributed by atoms with Gasteiger partial charge in [0.1, 0.15) is 58.0 Å². The van der Waals surface area contributed by atoms with Crippen LogP contribution >= 0.6 is 0 Å². The van der Waals surface area contributed by atoms with Gasteiger partial charge in [0.25, 0.3) is 45.9 Å². The van der Waals surface area contributed by atoms with E-state index in [2.05, 4.69) is 139 Å². The maximum atomic E-state index is 12.8. The van der Waals surface area contributed by atoms with Gasteiger partial charge in [-0.05, 0) is 223 Å². The zero-order chi connectivity index (χ0) is 89.7. The Kier molecular flexibility index (Phi) is 32.0. The molecule has 4 amide bonds. The van der Waals surface area contributed by atoms with Gasteiger partial charge in [0.15, 0.2) is 0 Å². The van der Waals surface area contributed by atoms with Crippen LogP contribution in [-0.4, -0.2) is 182 Å². The maximum absolute atomic E-state index is 12.8. The highest BCUT2D eigenvalue weighted by Gasteiger charge is 2.22. The first-order chi connectivity index (χ1) is 62.1. The number of ether oxygens (including phenoxy) is 2. The Balaban J connectivity index is 0.000000146. The summed E-state index contributed by atoms with van der Waals surface area (Å²) in [6, 6.07) is 37.0. The Bertz CT molecular complexity index is 5770. The quantitative estimate of drug-likeness (QED) is 0.0239. The van der Waals surface area contributed by atoms with Crippen molar-refractivity contribution in [2.75, 3.05) is 146 Å². The van der Waals surface area contributed by atoms with E-state index in [0.29, 0.717) is 98.5 Å². The van der Waals surface area contributed by atoms with Crippen molar-refractivity contribution in [1.29, 1.82) is 0 Å². The number of piperidine rings is 3. The third-order valence-corrected chi connectivity index (χ3v) is 22.1. The number of hydrogen-bond acceptors (Lipinski definition) is 25. The minimum Gasteiger partial charge on any atom is -0.494 e. The zero-order valence-electron chi connectivity index (χ0n) is 72.7. The molecular weight excluding hydrogens is 1630 g/mol. The van der Waals surface area contributed by atoms with Crippen LogP contribution in [0.4, 0.5) is 51.6 Å². The summed E-state index contributed by atoms with van der Waals surface area (Å²) in [6.07, 6.45) is 28.0. The summed E-state index contributed by atoms with van der Waals surface area (Å²) in [7, 11) is 5.37. The highest BCUT2D eigenvalue weighted by molar-refractivity contribution is 6.07. The Morgan fingerprint density at radius 2 is 0.820 bits per heavy atom. The van der Waals surface area contributed by atoms with Gasteiger partial charge in [-0.25, -0.2) is 24.9 Å². The number of carbonyl (C=O) groups is 4. The largest absolute Gasteiger partial charge is 0.494 e. The standard InChI is InChI=1S/C26H32N6O2.2C24H28N6O3.C20H22N6O2/c1-26(2,3)17-29-23-16-27-15-22(30-23)19-13-21(25(34)28-14-19)31-24(33)18-7-9-20(10-8-18)32-11-5-4-6-12-32;1-25-22-13-20(28-15-29-22)18-12-21(24(32)27-14-18)30-23(31)17-2-4-19(5-3-17)33-11-8-16-6-9-26-10-7-16;1-25-22-15-27-14-21(29-22)18-12-20(24(32)28-13-18)30-23(31)17-2-4-19(5-3-17)33-11-8-16-6-9-26-10-7-16;1-25-13-22-12-18(25)15-10-17(20(28)23-11-15)24-19(27)14-2-4-16(5-3-14)26-8-6-21-7-9-26/h7-10,13-16H,4-6,11-12,17H2,1-3H3,(H,28,34)(H,29,30)(H,31,33);2-5,12-16,26H,6-11H2,1H3,(H,27,32)(H,30,31)(H,25,28,29);2-5,12-16,26H,6-11H2,1H3,(H,25,29)(H,28,32)(H,30,31);2-5,10-13,21H,6-9H2,1H3,(H,23,28)(H,24,27). The monoisotopic (exact) mass is 1730 g/mol. The molecule has 4 aliphatic heterocycles. The second-order valence-electron chi connectivity index (χ2n) is 32.6. The van der Waals surface area contributed by atoms with Gasteiger partial charge in [0.2, 0.25) is 0 Å². The van der Waals surface area contributed by atoms with Gasteiger partial charge in [0.05, 0.1) is 73.3 Å². The van der Waals surface area contributed by atoms with Gasteiger partial charge in [0, 0.05) is 154 Å². The van der Waals surface area contributed by atoms with Gasteiger partial charge >= 0.3 is 0 Å². The molecule has 12 aromatic rings. The molecule has 8 aromatic heterocycles. The lowest BCUT2D eigenvalue weighted by atomic mass is 9.95. The van der Waals surface area contributed by atoms with Gasteiger partial charge in [-0.2, -0.15) is 0 Å². The number of anilines is 9. The van der Waals surface area contributed by atoms with Gasteiger partial charge in [-0.3, -0.25) is 48.3 Å². The number of aromatic nitrogens is 12. The fraction of sp³-hybridized carbons (Fsp3) is 0.330. The van der Waals surface area contributed by atoms with Crippen LogP contribution in [0.15, 0.2) is 215 Å². The van der Waals surface area contributed by atoms with E-state index in [1.165, 1.54) is 57.5 Å². The van der Waals surface area contributed by atoms with Crippen molar-refractivity contribution >= 4 is 75.2 Å². The van der Waals surface area contributed by atoms with Crippen LogP contribution in [0.25, 0.3) is 45.0 Å². The van der Waals surface area contributed by atoms with Crippen molar-refractivity contribution in [1.82, 2.24) is 75.3 Å². The summed E-state index contributed by atoms with van der Waals surface area (Å²) in [5.41, 5.74) is 8.63. The minimum absolute atomic E-state index is 0.0963. The van der Waals surface area contributed by atoms with Crippen LogP contribution in [0.5, 0.6) is 11.5 Å². The number of nitrogens with one attached hydrogen (secondary N) is 14. The van der Waals surface area contributed by atoms with Crippen molar-refractivity contribution in [3.05, 3.63) is 259 Å². The number of H-pyrrole nitrogens is 4. The second kappa shape index (κ2) is 44.9. The molecule has 16 rings (SSSR count). The van der Waals surface area contributed by atoms with Crippen molar-refractivity contribution in [3.63, 3.8) is 0 Å². The third-order valence-electron chi connectivity index (χ3n) is 22.1. The molecular formula is C94H110N24O10. The van der Waals surface area contributed by atoms with E-state index in [0.717, 1.165) is 119 Å². The first-order valence-electron chi connectivity index (χ1n) is 43.1. The van der Waals surface area contributed by atoms with Gasteiger partial charge < -0.3 is 96.9 Å². The second-order valence-corrected chi connectivity index (χ2v) is 32.6. The molecule has 4 fully saturated rings. The number of hydrogen-bond donors (Lipinski definition) is 14. The lowest BCUT2D eigenvalue weighted by molar-refractivity contribution is 0.101. The number of rotatable bonds is 26. The lowest BCUT2D eigenvalue weighted by Crippen LogP contribution is -2.43. The van der Waals surface area contributed by atoms with Gasteiger partial charge in [-0.1, -0.05) is 20.8 Å². The lowest BCUT2D eigenvalue weighted by Gasteiger charge is -2.29. The number of aromatic amines is 4. The summed E-state index contributed by atoms with van der Waals surface area (Å²) in [5, 5.41) is 30.0. The molecule has 14 N–H and O–H groups in total. The van der Waals surface area contributed by atoms with E-state index in [1.807, 2.05) is 35.9 Å².